The fourth-order valence-electron chi connectivity index (χ4n) is 2.13. The van der Waals surface area contributed by atoms with E-state index in [2.05, 4.69) is 10.4 Å². The number of amides is 1. The SMILES string of the molecule is CCn1nccc1CNC(=O)c1c(OC)cccc1OC. The van der Waals surface area contributed by atoms with Gasteiger partial charge in [-0.25, -0.2) is 0 Å². The summed E-state index contributed by atoms with van der Waals surface area (Å²) in [6, 6.07) is 7.12. The number of nitrogens with zero attached hydrogens (tertiary/aromatic N) is 2. The number of nitrogens with one attached hydrogen (secondary N) is 1. The van der Waals surface area contributed by atoms with Crippen LogP contribution in [-0.4, -0.2) is 29.9 Å². The van der Waals surface area contributed by atoms with Crippen molar-refractivity contribution in [1.29, 1.82) is 0 Å². The van der Waals surface area contributed by atoms with Gasteiger partial charge >= 0.3 is 0 Å². The lowest BCUT2D eigenvalue weighted by molar-refractivity contribution is 0.0943. The number of aromatic nitrogens is 2. The number of aryl methyl sites for hydroxylation is 1. The normalized spacial score (nSPS) is 10.2. The molecule has 0 bridgehead atoms. The first-order valence-electron chi connectivity index (χ1n) is 6.71. The van der Waals surface area contributed by atoms with E-state index < -0.39 is 0 Å². The van der Waals surface area contributed by atoms with E-state index in [0.29, 0.717) is 23.6 Å². The standard InChI is InChI=1S/C15H19N3O3/c1-4-18-11(8-9-17-18)10-16-15(19)14-12(20-2)6-5-7-13(14)21-3/h5-9H,4,10H2,1-3H3,(H,16,19). The van der Waals surface area contributed by atoms with Crippen LogP contribution in [0.4, 0.5) is 0 Å². The molecule has 1 amide bonds. The van der Waals surface area contributed by atoms with Crippen molar-refractivity contribution in [2.75, 3.05) is 14.2 Å². The van der Waals surface area contributed by atoms with E-state index in [0.717, 1.165) is 12.2 Å². The Bertz CT molecular complexity index is 600. The number of rotatable bonds is 6. The maximum atomic E-state index is 12.4. The van der Waals surface area contributed by atoms with Gasteiger partial charge in [0.1, 0.15) is 17.1 Å². The molecule has 112 valence electrons. The van der Waals surface area contributed by atoms with E-state index in [1.807, 2.05) is 17.7 Å². The Morgan fingerprint density at radius 1 is 1.24 bits per heavy atom. The molecular formula is C15H19N3O3. The van der Waals surface area contributed by atoms with Crippen LogP contribution >= 0.6 is 0 Å². The van der Waals surface area contributed by atoms with Crippen LogP contribution in [-0.2, 0) is 13.1 Å². The highest BCUT2D eigenvalue weighted by atomic mass is 16.5. The summed E-state index contributed by atoms with van der Waals surface area (Å²) in [7, 11) is 3.05. The summed E-state index contributed by atoms with van der Waals surface area (Å²) < 4.78 is 12.3. The second kappa shape index (κ2) is 6.78. The number of benzene rings is 1. The lowest BCUT2D eigenvalue weighted by atomic mass is 10.1. The predicted molar refractivity (Wildman–Crippen MR) is 78.6 cm³/mol. The largest absolute Gasteiger partial charge is 0.496 e. The Balaban J connectivity index is 2.17. The van der Waals surface area contributed by atoms with Gasteiger partial charge in [0, 0.05) is 12.7 Å². The molecule has 0 unspecified atom stereocenters. The number of ether oxygens (including phenoxy) is 2. The van der Waals surface area contributed by atoms with Crippen LogP contribution in [0.15, 0.2) is 30.5 Å². The summed E-state index contributed by atoms with van der Waals surface area (Å²) in [6.07, 6.45) is 1.72. The van der Waals surface area contributed by atoms with E-state index in [1.165, 1.54) is 14.2 Å². The third-order valence-electron chi connectivity index (χ3n) is 3.19. The van der Waals surface area contributed by atoms with Crippen molar-refractivity contribution in [3.63, 3.8) is 0 Å². The van der Waals surface area contributed by atoms with E-state index >= 15 is 0 Å². The minimum Gasteiger partial charge on any atom is -0.496 e. The molecule has 0 aliphatic rings. The van der Waals surface area contributed by atoms with E-state index in [9.17, 15) is 4.79 Å². The van der Waals surface area contributed by atoms with E-state index in [4.69, 9.17) is 9.47 Å². The number of hydrogen-bond acceptors (Lipinski definition) is 4. The van der Waals surface area contributed by atoms with Crippen LogP contribution < -0.4 is 14.8 Å². The molecular weight excluding hydrogens is 270 g/mol. The maximum absolute atomic E-state index is 12.4. The van der Waals surface area contributed by atoms with Gasteiger partial charge in [0.2, 0.25) is 0 Å². The van der Waals surface area contributed by atoms with E-state index in [1.54, 1.807) is 24.4 Å². The number of carbonyl (C=O) groups excluding carboxylic acids is 1. The Hall–Kier alpha value is -2.50. The summed E-state index contributed by atoms with van der Waals surface area (Å²) in [4.78, 5) is 12.4. The van der Waals surface area contributed by atoms with Gasteiger partial charge in [-0.1, -0.05) is 6.07 Å². The first-order chi connectivity index (χ1) is 10.2. The number of hydrogen-bond donors (Lipinski definition) is 1. The third-order valence-corrected chi connectivity index (χ3v) is 3.19. The smallest absolute Gasteiger partial charge is 0.259 e. The monoisotopic (exact) mass is 289 g/mol. The highest BCUT2D eigenvalue weighted by molar-refractivity contribution is 5.99. The molecule has 1 N–H and O–H groups in total. The van der Waals surface area contributed by atoms with Crippen LogP contribution in [0.1, 0.15) is 23.0 Å². The molecule has 2 rings (SSSR count). The molecule has 0 aliphatic carbocycles. The second-order valence-electron chi connectivity index (χ2n) is 4.36. The Morgan fingerprint density at radius 3 is 2.48 bits per heavy atom. The van der Waals surface area contributed by atoms with Crippen molar-refractivity contribution in [1.82, 2.24) is 15.1 Å². The molecule has 6 nitrogen and oxygen atoms in total. The Kier molecular flexibility index (Phi) is 4.81. The summed E-state index contributed by atoms with van der Waals surface area (Å²) in [5.41, 5.74) is 1.34. The molecule has 1 aromatic heterocycles. The zero-order valence-corrected chi connectivity index (χ0v) is 12.4. The Morgan fingerprint density at radius 2 is 1.90 bits per heavy atom. The van der Waals surface area contributed by atoms with Crippen LogP contribution in [0.5, 0.6) is 11.5 Å². The van der Waals surface area contributed by atoms with Crippen LogP contribution in [0, 0.1) is 0 Å². The van der Waals surface area contributed by atoms with Gasteiger partial charge in [0.15, 0.2) is 0 Å². The first-order valence-corrected chi connectivity index (χ1v) is 6.71. The fraction of sp³-hybridized carbons (Fsp3) is 0.333. The van der Waals surface area contributed by atoms with Crippen LogP contribution in [0.2, 0.25) is 0 Å². The number of methoxy groups -OCH3 is 2. The summed E-state index contributed by atoms with van der Waals surface area (Å²) in [6.45, 7) is 3.16. The molecule has 6 heteroatoms. The quantitative estimate of drug-likeness (QED) is 0.881. The van der Waals surface area contributed by atoms with Crippen molar-refractivity contribution in [2.24, 2.45) is 0 Å². The molecule has 1 heterocycles. The average molecular weight is 289 g/mol. The predicted octanol–water partition coefficient (Wildman–Crippen LogP) is 1.85. The highest BCUT2D eigenvalue weighted by Gasteiger charge is 2.18. The molecule has 0 aliphatic heterocycles. The number of carbonyl (C=O) groups is 1. The molecule has 0 saturated heterocycles. The average Bonchev–Trinajstić information content (AvgIpc) is 2.99. The summed E-state index contributed by atoms with van der Waals surface area (Å²) in [5.74, 6) is 0.722. The molecule has 1 aromatic carbocycles. The zero-order chi connectivity index (χ0) is 15.2. The van der Waals surface area contributed by atoms with Gasteiger partial charge < -0.3 is 14.8 Å². The van der Waals surface area contributed by atoms with Crippen molar-refractivity contribution >= 4 is 5.91 Å². The third kappa shape index (κ3) is 3.16. The maximum Gasteiger partial charge on any atom is 0.259 e. The van der Waals surface area contributed by atoms with Crippen LogP contribution in [0.25, 0.3) is 0 Å². The van der Waals surface area contributed by atoms with E-state index in [-0.39, 0.29) is 5.91 Å². The highest BCUT2D eigenvalue weighted by Crippen LogP contribution is 2.27. The van der Waals surface area contributed by atoms with Gasteiger partial charge in [-0.3, -0.25) is 9.48 Å². The molecule has 0 spiro atoms. The lowest BCUT2D eigenvalue weighted by Crippen LogP contribution is -2.25. The van der Waals surface area contributed by atoms with Crippen molar-refractivity contribution in [3.8, 4) is 11.5 Å². The van der Waals surface area contributed by atoms with Gasteiger partial charge in [-0.05, 0) is 25.1 Å². The molecule has 0 radical (unpaired) electrons. The van der Waals surface area contributed by atoms with Gasteiger partial charge in [-0.15, -0.1) is 0 Å². The lowest BCUT2D eigenvalue weighted by Gasteiger charge is -2.13. The van der Waals surface area contributed by atoms with Crippen molar-refractivity contribution in [2.45, 2.75) is 20.0 Å². The van der Waals surface area contributed by atoms with Crippen molar-refractivity contribution < 1.29 is 14.3 Å². The topological polar surface area (TPSA) is 65.4 Å². The zero-order valence-electron chi connectivity index (χ0n) is 12.4. The van der Waals surface area contributed by atoms with Gasteiger partial charge in [0.25, 0.3) is 5.91 Å². The molecule has 2 aromatic rings. The molecule has 0 atom stereocenters. The second-order valence-corrected chi connectivity index (χ2v) is 4.36. The Labute approximate surface area is 123 Å². The molecule has 21 heavy (non-hydrogen) atoms. The minimum atomic E-state index is -0.242. The van der Waals surface area contributed by atoms with Gasteiger partial charge in [-0.2, -0.15) is 5.10 Å². The minimum absolute atomic E-state index is 0.242. The first kappa shape index (κ1) is 14.9. The summed E-state index contributed by atoms with van der Waals surface area (Å²) in [5, 5.41) is 7.03. The van der Waals surface area contributed by atoms with Gasteiger partial charge in [0.05, 0.1) is 26.5 Å². The molecule has 0 saturated carbocycles. The fourth-order valence-corrected chi connectivity index (χ4v) is 2.13. The van der Waals surface area contributed by atoms with Crippen molar-refractivity contribution in [3.05, 3.63) is 41.7 Å². The molecule has 0 fully saturated rings. The van der Waals surface area contributed by atoms with Crippen LogP contribution in [0.3, 0.4) is 0 Å². The summed E-state index contributed by atoms with van der Waals surface area (Å²) >= 11 is 0.